The summed E-state index contributed by atoms with van der Waals surface area (Å²) in [5.74, 6) is 2.82. The number of hydrogen-bond donors (Lipinski definition) is 0. The monoisotopic (exact) mass is 465 g/mol. The van der Waals surface area contributed by atoms with E-state index in [1.165, 1.54) is 11.1 Å². The summed E-state index contributed by atoms with van der Waals surface area (Å²) in [5.41, 5.74) is 8.16. The largest absolute Gasteiger partial charge is 0.497 e. The van der Waals surface area contributed by atoms with Crippen LogP contribution in [0.25, 0.3) is 33.5 Å². The maximum atomic E-state index is 12.6. The zero-order valence-electron chi connectivity index (χ0n) is 20.6. The fraction of sp³-hybridized carbons (Fsp3) is 0.333. The molecule has 4 aromatic rings. The highest BCUT2D eigenvalue weighted by molar-refractivity contribution is 5.86. The first kappa shape index (κ1) is 21.9. The molecule has 1 unspecified atom stereocenters. The molecule has 178 valence electrons. The minimum atomic E-state index is 0.286. The Morgan fingerprint density at radius 3 is 2.26 bits per heavy atom. The molecule has 1 aliphatic carbocycles. The van der Waals surface area contributed by atoms with Crippen LogP contribution in [0.2, 0.25) is 0 Å². The minimum absolute atomic E-state index is 0.286. The predicted octanol–water partition coefficient (Wildman–Crippen LogP) is 5.95. The Morgan fingerprint density at radius 1 is 0.943 bits per heavy atom. The molecule has 1 aromatic heterocycles. The maximum absolute atomic E-state index is 12.6. The summed E-state index contributed by atoms with van der Waals surface area (Å²) in [6.07, 6.45) is 3.14. The molecule has 1 saturated carbocycles. The normalized spacial score (nSPS) is 17.8. The van der Waals surface area contributed by atoms with E-state index in [1.54, 1.807) is 7.11 Å². The Morgan fingerprint density at radius 2 is 1.60 bits per heavy atom. The molecular formula is C30H31N3O2. The van der Waals surface area contributed by atoms with Crippen molar-refractivity contribution in [3.05, 3.63) is 71.8 Å². The first-order chi connectivity index (χ1) is 17.0. The SMILES string of the molecule is COc1ccc(-c2ccc(-c3nc4c(C5CCN(C(=O)C6CC6)C5)cc(C)cc4n3C)cc2)cc1. The second-order valence-corrected chi connectivity index (χ2v) is 10.1. The van der Waals surface area contributed by atoms with Crippen molar-refractivity contribution in [1.29, 1.82) is 0 Å². The maximum Gasteiger partial charge on any atom is 0.225 e. The van der Waals surface area contributed by atoms with Gasteiger partial charge < -0.3 is 14.2 Å². The third-order valence-electron chi connectivity index (χ3n) is 7.59. The van der Waals surface area contributed by atoms with Crippen LogP contribution in [0, 0.1) is 12.8 Å². The highest BCUT2D eigenvalue weighted by Crippen LogP contribution is 2.38. The highest BCUT2D eigenvalue weighted by Gasteiger charge is 2.37. The van der Waals surface area contributed by atoms with Crippen molar-refractivity contribution in [2.45, 2.75) is 32.1 Å². The average Bonchev–Trinajstić information content (AvgIpc) is 3.53. The molecule has 0 bridgehead atoms. The lowest BCUT2D eigenvalue weighted by Crippen LogP contribution is -2.29. The predicted molar refractivity (Wildman–Crippen MR) is 140 cm³/mol. The van der Waals surface area contributed by atoms with Crippen molar-refractivity contribution >= 4 is 16.9 Å². The fourth-order valence-electron chi connectivity index (χ4n) is 5.43. The Kier molecular flexibility index (Phi) is 5.36. The van der Waals surface area contributed by atoms with Crippen molar-refractivity contribution in [1.82, 2.24) is 14.5 Å². The van der Waals surface area contributed by atoms with Gasteiger partial charge in [-0.2, -0.15) is 0 Å². The third-order valence-corrected chi connectivity index (χ3v) is 7.59. The van der Waals surface area contributed by atoms with Gasteiger partial charge in [0.05, 0.1) is 18.1 Å². The molecule has 3 aromatic carbocycles. The molecule has 35 heavy (non-hydrogen) atoms. The van der Waals surface area contributed by atoms with Gasteiger partial charge in [0.2, 0.25) is 5.91 Å². The van der Waals surface area contributed by atoms with Crippen LogP contribution in [0.3, 0.4) is 0 Å². The molecule has 1 amide bonds. The van der Waals surface area contributed by atoms with Crippen LogP contribution in [0.5, 0.6) is 5.75 Å². The lowest BCUT2D eigenvalue weighted by Gasteiger charge is -2.17. The molecule has 2 heterocycles. The average molecular weight is 466 g/mol. The number of benzene rings is 3. The fourth-order valence-corrected chi connectivity index (χ4v) is 5.43. The molecule has 2 aliphatic rings. The number of imidazole rings is 1. The summed E-state index contributed by atoms with van der Waals surface area (Å²) in [6.45, 7) is 3.83. The Labute approximate surface area is 206 Å². The van der Waals surface area contributed by atoms with E-state index < -0.39 is 0 Å². The van der Waals surface area contributed by atoms with E-state index in [0.717, 1.165) is 71.6 Å². The van der Waals surface area contributed by atoms with E-state index in [1.807, 2.05) is 12.1 Å². The van der Waals surface area contributed by atoms with Gasteiger partial charge in [-0.1, -0.05) is 42.5 Å². The Bertz CT molecular complexity index is 1400. The zero-order chi connectivity index (χ0) is 24.1. The van der Waals surface area contributed by atoms with Crippen molar-refractivity contribution in [2.24, 2.45) is 13.0 Å². The summed E-state index contributed by atoms with van der Waals surface area (Å²) in [4.78, 5) is 19.9. The number of nitrogens with zero attached hydrogens (tertiary/aromatic N) is 3. The van der Waals surface area contributed by atoms with Gasteiger partial charge in [0.25, 0.3) is 0 Å². The molecule has 2 fully saturated rings. The van der Waals surface area contributed by atoms with Crippen LogP contribution in [0.15, 0.2) is 60.7 Å². The van der Waals surface area contributed by atoms with Crippen LogP contribution in [0.1, 0.15) is 36.3 Å². The Balaban J connectivity index is 1.32. The topological polar surface area (TPSA) is 47.4 Å². The number of methoxy groups -OCH3 is 1. The van der Waals surface area contributed by atoms with E-state index in [0.29, 0.717) is 11.8 Å². The van der Waals surface area contributed by atoms with Gasteiger partial charge in [-0.15, -0.1) is 0 Å². The summed E-state index contributed by atoms with van der Waals surface area (Å²) in [5, 5.41) is 0. The summed E-state index contributed by atoms with van der Waals surface area (Å²) < 4.78 is 7.48. The third kappa shape index (κ3) is 3.99. The Hall–Kier alpha value is -3.60. The van der Waals surface area contributed by atoms with Gasteiger partial charge in [-0.05, 0) is 66.6 Å². The van der Waals surface area contributed by atoms with Gasteiger partial charge in [0, 0.05) is 37.5 Å². The van der Waals surface area contributed by atoms with Crippen LogP contribution < -0.4 is 4.74 Å². The number of ether oxygens (including phenoxy) is 1. The van der Waals surface area contributed by atoms with Gasteiger partial charge in [0.1, 0.15) is 11.6 Å². The molecule has 0 N–H and O–H groups in total. The number of fused-ring (bicyclic) bond motifs is 1. The molecule has 1 atom stereocenters. The lowest BCUT2D eigenvalue weighted by molar-refractivity contribution is -0.131. The van der Waals surface area contributed by atoms with Gasteiger partial charge in [-0.25, -0.2) is 4.98 Å². The second kappa shape index (κ2) is 8.56. The van der Waals surface area contributed by atoms with Gasteiger partial charge in [0.15, 0.2) is 0 Å². The lowest BCUT2D eigenvalue weighted by atomic mass is 9.95. The minimum Gasteiger partial charge on any atom is -0.497 e. The number of rotatable bonds is 5. The van der Waals surface area contributed by atoms with Gasteiger partial charge >= 0.3 is 0 Å². The molecular weight excluding hydrogens is 434 g/mol. The number of hydrogen-bond acceptors (Lipinski definition) is 3. The van der Waals surface area contributed by atoms with Crippen LogP contribution in [0.4, 0.5) is 0 Å². The van der Waals surface area contributed by atoms with Crippen LogP contribution >= 0.6 is 0 Å². The van der Waals surface area contributed by atoms with Crippen molar-refractivity contribution in [2.75, 3.05) is 20.2 Å². The number of aryl methyl sites for hydroxylation is 2. The molecule has 1 aliphatic heterocycles. The summed E-state index contributed by atoms with van der Waals surface area (Å²) in [7, 11) is 3.78. The molecule has 5 heteroatoms. The van der Waals surface area contributed by atoms with Gasteiger partial charge in [-0.3, -0.25) is 4.79 Å². The second-order valence-electron chi connectivity index (χ2n) is 10.1. The number of likely N-dealkylation sites (tertiary alicyclic amines) is 1. The first-order valence-electron chi connectivity index (χ1n) is 12.5. The van der Waals surface area contributed by atoms with E-state index in [4.69, 9.17) is 9.72 Å². The standard InChI is InChI=1S/C30H31N3O2/c1-19-16-26(24-14-15-33(18-24)30(34)23-8-9-23)28-27(17-19)32(2)29(31-28)22-6-4-20(5-7-22)21-10-12-25(35-3)13-11-21/h4-7,10-13,16-17,23-24H,8-9,14-15,18H2,1-3H3. The van der Waals surface area contributed by atoms with Crippen molar-refractivity contribution in [3.8, 4) is 28.3 Å². The number of aromatic nitrogens is 2. The molecule has 0 radical (unpaired) electrons. The van der Waals surface area contributed by atoms with Crippen LogP contribution in [-0.2, 0) is 11.8 Å². The first-order valence-corrected chi connectivity index (χ1v) is 12.5. The number of carbonyl (C=O) groups excluding carboxylic acids is 1. The van der Waals surface area contributed by atoms with E-state index >= 15 is 0 Å². The summed E-state index contributed by atoms with van der Waals surface area (Å²) in [6, 6.07) is 21.3. The summed E-state index contributed by atoms with van der Waals surface area (Å²) >= 11 is 0. The quantitative estimate of drug-likeness (QED) is 0.366. The number of amides is 1. The zero-order valence-corrected chi connectivity index (χ0v) is 20.6. The number of carbonyl (C=O) groups is 1. The van der Waals surface area contributed by atoms with Crippen molar-refractivity contribution in [3.63, 3.8) is 0 Å². The molecule has 1 saturated heterocycles. The highest BCUT2D eigenvalue weighted by atomic mass is 16.5. The van der Waals surface area contributed by atoms with E-state index in [-0.39, 0.29) is 5.92 Å². The van der Waals surface area contributed by atoms with Crippen LogP contribution in [-0.4, -0.2) is 40.6 Å². The molecule has 5 nitrogen and oxygen atoms in total. The van der Waals surface area contributed by atoms with E-state index in [2.05, 4.69) is 72.0 Å². The molecule has 6 rings (SSSR count). The molecule has 0 spiro atoms. The van der Waals surface area contributed by atoms with Crippen molar-refractivity contribution < 1.29 is 9.53 Å². The smallest absolute Gasteiger partial charge is 0.225 e. The van der Waals surface area contributed by atoms with E-state index in [9.17, 15) is 4.79 Å².